The Bertz CT molecular complexity index is 858. The van der Waals surface area contributed by atoms with Gasteiger partial charge in [-0.1, -0.05) is 30.3 Å². The minimum atomic E-state index is -0.665. The molecule has 0 aromatic heterocycles. The van der Waals surface area contributed by atoms with Crippen molar-refractivity contribution in [2.24, 2.45) is 0 Å². The van der Waals surface area contributed by atoms with Gasteiger partial charge in [-0.15, -0.1) is 11.8 Å². The van der Waals surface area contributed by atoms with Crippen LogP contribution in [0, 0.1) is 5.82 Å². The summed E-state index contributed by atoms with van der Waals surface area (Å²) in [5, 5.41) is 2.50. The second-order valence-electron chi connectivity index (χ2n) is 6.02. The number of amides is 2. The van der Waals surface area contributed by atoms with Gasteiger partial charge < -0.3 is 15.0 Å². The van der Waals surface area contributed by atoms with Crippen LogP contribution >= 0.6 is 11.8 Å². The molecule has 2 aromatic rings. The molecule has 0 unspecified atom stereocenters. The van der Waals surface area contributed by atoms with Crippen LogP contribution in [0.3, 0.4) is 0 Å². The lowest BCUT2D eigenvalue weighted by Crippen LogP contribution is -2.28. The molecule has 1 N–H and O–H groups in total. The molecule has 0 heterocycles. The molecule has 2 aromatic carbocycles. The topological polar surface area (TPSA) is 75.7 Å². The Labute approximate surface area is 167 Å². The van der Waals surface area contributed by atoms with Crippen molar-refractivity contribution in [2.45, 2.75) is 11.4 Å². The molecule has 0 saturated heterocycles. The highest BCUT2D eigenvalue weighted by atomic mass is 32.2. The average Bonchev–Trinajstić information content (AvgIpc) is 2.69. The van der Waals surface area contributed by atoms with Crippen molar-refractivity contribution in [1.29, 1.82) is 0 Å². The molecule has 0 spiro atoms. The Morgan fingerprint density at radius 2 is 1.75 bits per heavy atom. The summed E-state index contributed by atoms with van der Waals surface area (Å²) in [4.78, 5) is 38.0. The molecule has 0 atom stereocenters. The molecular weight excluding hydrogens is 383 g/mol. The molecule has 148 valence electrons. The fourth-order valence-electron chi connectivity index (χ4n) is 2.13. The standard InChI is InChI=1S/C20H21FN2O4S/c1-23(2)19(25)13-28-17-10-6-4-8-15(17)20(26)27-12-18(24)22-11-14-7-3-5-9-16(14)21/h3-10H,11-13H2,1-2H3,(H,22,24). The predicted octanol–water partition coefficient (Wildman–Crippen LogP) is 2.48. The van der Waals surface area contributed by atoms with Crippen LogP contribution in [0.2, 0.25) is 0 Å². The molecule has 0 aliphatic heterocycles. The number of esters is 1. The van der Waals surface area contributed by atoms with Gasteiger partial charge in [0.25, 0.3) is 5.91 Å². The number of benzene rings is 2. The lowest BCUT2D eigenvalue weighted by Gasteiger charge is -2.12. The molecule has 6 nitrogen and oxygen atoms in total. The van der Waals surface area contributed by atoms with Crippen LogP contribution in [0.25, 0.3) is 0 Å². The van der Waals surface area contributed by atoms with Crippen molar-refractivity contribution in [1.82, 2.24) is 10.2 Å². The minimum Gasteiger partial charge on any atom is -0.452 e. The van der Waals surface area contributed by atoms with Crippen LogP contribution in [0.1, 0.15) is 15.9 Å². The van der Waals surface area contributed by atoms with E-state index in [1.807, 2.05) is 0 Å². The Balaban J connectivity index is 1.88. The highest BCUT2D eigenvalue weighted by Crippen LogP contribution is 2.23. The third-order valence-electron chi connectivity index (χ3n) is 3.73. The average molecular weight is 404 g/mol. The van der Waals surface area contributed by atoms with Crippen LogP contribution < -0.4 is 5.32 Å². The first-order valence-electron chi connectivity index (χ1n) is 8.47. The number of carbonyl (C=O) groups is 3. The molecule has 0 bridgehead atoms. The van der Waals surface area contributed by atoms with Crippen molar-refractivity contribution < 1.29 is 23.5 Å². The number of thioether (sulfide) groups is 1. The third kappa shape index (κ3) is 6.38. The molecule has 0 saturated carbocycles. The number of ether oxygens (including phenoxy) is 1. The Kier molecular flexibility index (Phi) is 8.01. The summed E-state index contributed by atoms with van der Waals surface area (Å²) in [5.74, 6) is -1.52. The SMILES string of the molecule is CN(C)C(=O)CSc1ccccc1C(=O)OCC(=O)NCc1ccccc1F. The van der Waals surface area contributed by atoms with Gasteiger partial charge >= 0.3 is 5.97 Å². The van der Waals surface area contributed by atoms with E-state index in [0.29, 0.717) is 10.5 Å². The van der Waals surface area contributed by atoms with Gasteiger partial charge in [-0.3, -0.25) is 9.59 Å². The van der Waals surface area contributed by atoms with Crippen LogP contribution in [-0.2, 0) is 20.9 Å². The van der Waals surface area contributed by atoms with Crippen molar-refractivity contribution in [3.8, 4) is 0 Å². The van der Waals surface area contributed by atoms with E-state index in [0.717, 1.165) is 0 Å². The van der Waals surface area contributed by atoms with Crippen molar-refractivity contribution >= 4 is 29.5 Å². The fourth-order valence-corrected chi connectivity index (χ4v) is 3.14. The molecular formula is C20H21FN2O4S. The number of nitrogens with zero attached hydrogens (tertiary/aromatic N) is 1. The summed E-state index contributed by atoms with van der Waals surface area (Å²) in [6, 6.07) is 12.8. The first kappa shape index (κ1) is 21.4. The van der Waals surface area contributed by atoms with Crippen LogP contribution in [0.5, 0.6) is 0 Å². The van der Waals surface area contributed by atoms with Crippen LogP contribution in [0.15, 0.2) is 53.4 Å². The normalized spacial score (nSPS) is 10.2. The zero-order valence-electron chi connectivity index (χ0n) is 15.6. The van der Waals surface area contributed by atoms with Gasteiger partial charge in [0.1, 0.15) is 5.82 Å². The smallest absolute Gasteiger partial charge is 0.339 e. The monoisotopic (exact) mass is 404 g/mol. The van der Waals surface area contributed by atoms with E-state index >= 15 is 0 Å². The Morgan fingerprint density at radius 1 is 1.07 bits per heavy atom. The zero-order valence-corrected chi connectivity index (χ0v) is 16.4. The lowest BCUT2D eigenvalue weighted by molar-refractivity contribution is -0.126. The summed E-state index contributed by atoms with van der Waals surface area (Å²) in [5.41, 5.74) is 0.621. The quantitative estimate of drug-likeness (QED) is 0.540. The van der Waals surface area contributed by atoms with Gasteiger partial charge in [-0.2, -0.15) is 0 Å². The van der Waals surface area contributed by atoms with Crippen LogP contribution in [-0.4, -0.2) is 49.1 Å². The number of hydrogen-bond donors (Lipinski definition) is 1. The summed E-state index contributed by atoms with van der Waals surface area (Å²) < 4.78 is 18.6. The number of hydrogen-bond acceptors (Lipinski definition) is 5. The Hall–Kier alpha value is -2.87. The van der Waals surface area contributed by atoms with Crippen molar-refractivity contribution in [3.63, 3.8) is 0 Å². The van der Waals surface area contributed by atoms with Gasteiger partial charge in [-0.25, -0.2) is 9.18 Å². The summed E-state index contributed by atoms with van der Waals surface area (Å²) in [7, 11) is 3.31. The van der Waals surface area contributed by atoms with E-state index in [4.69, 9.17) is 4.74 Å². The van der Waals surface area contributed by atoms with E-state index in [1.165, 1.54) is 22.7 Å². The van der Waals surface area contributed by atoms with Crippen LogP contribution in [0.4, 0.5) is 4.39 Å². The second kappa shape index (κ2) is 10.5. The summed E-state index contributed by atoms with van der Waals surface area (Å²) in [6.45, 7) is -0.481. The van der Waals surface area contributed by atoms with E-state index in [-0.39, 0.29) is 23.8 Å². The first-order chi connectivity index (χ1) is 13.4. The molecule has 0 aliphatic carbocycles. The molecule has 2 rings (SSSR count). The van der Waals surface area contributed by atoms with E-state index in [2.05, 4.69) is 5.32 Å². The van der Waals surface area contributed by atoms with Gasteiger partial charge in [0, 0.05) is 31.1 Å². The summed E-state index contributed by atoms with van der Waals surface area (Å²) >= 11 is 1.22. The minimum absolute atomic E-state index is 0.00213. The number of nitrogens with one attached hydrogen (secondary N) is 1. The van der Waals surface area contributed by atoms with E-state index in [9.17, 15) is 18.8 Å². The molecule has 8 heteroatoms. The largest absolute Gasteiger partial charge is 0.452 e. The summed E-state index contributed by atoms with van der Waals surface area (Å²) in [6.07, 6.45) is 0. The molecule has 0 radical (unpaired) electrons. The van der Waals surface area contributed by atoms with E-state index in [1.54, 1.807) is 56.6 Å². The lowest BCUT2D eigenvalue weighted by atomic mass is 10.2. The van der Waals surface area contributed by atoms with Gasteiger partial charge in [0.15, 0.2) is 6.61 Å². The highest BCUT2D eigenvalue weighted by Gasteiger charge is 2.16. The van der Waals surface area contributed by atoms with Gasteiger partial charge in [-0.05, 0) is 18.2 Å². The predicted molar refractivity (Wildman–Crippen MR) is 104 cm³/mol. The van der Waals surface area contributed by atoms with Gasteiger partial charge in [0.05, 0.1) is 11.3 Å². The maximum absolute atomic E-state index is 13.5. The first-order valence-corrected chi connectivity index (χ1v) is 9.46. The van der Waals surface area contributed by atoms with Gasteiger partial charge in [0.2, 0.25) is 5.91 Å². The van der Waals surface area contributed by atoms with E-state index < -0.39 is 24.3 Å². The zero-order chi connectivity index (χ0) is 20.5. The number of halogens is 1. The Morgan fingerprint density at radius 3 is 2.46 bits per heavy atom. The third-order valence-corrected chi connectivity index (χ3v) is 4.78. The highest BCUT2D eigenvalue weighted by molar-refractivity contribution is 8.00. The number of rotatable bonds is 8. The number of carbonyl (C=O) groups excluding carboxylic acids is 3. The van der Waals surface area contributed by atoms with Crippen molar-refractivity contribution in [2.75, 3.05) is 26.5 Å². The second-order valence-corrected chi connectivity index (χ2v) is 7.03. The maximum Gasteiger partial charge on any atom is 0.339 e. The molecule has 2 amide bonds. The molecule has 0 fully saturated rings. The van der Waals surface area contributed by atoms with Crippen molar-refractivity contribution in [3.05, 3.63) is 65.5 Å². The maximum atomic E-state index is 13.5. The molecule has 0 aliphatic rings. The molecule has 28 heavy (non-hydrogen) atoms. The fraction of sp³-hybridized carbons (Fsp3) is 0.250.